The van der Waals surface area contributed by atoms with Crippen molar-refractivity contribution in [1.29, 1.82) is 0 Å². The third-order valence-corrected chi connectivity index (χ3v) is 3.86. The van der Waals surface area contributed by atoms with E-state index in [0.717, 1.165) is 28.5 Å². The van der Waals surface area contributed by atoms with Crippen LogP contribution in [0.1, 0.15) is 16.7 Å². The molecule has 0 fully saturated rings. The molecule has 2 heterocycles. The molecule has 0 aromatic heterocycles. The summed E-state index contributed by atoms with van der Waals surface area (Å²) in [6.07, 6.45) is 6.39. The molecular formula is C19H14O6. The van der Waals surface area contributed by atoms with Crippen LogP contribution in [0.25, 0.3) is 18.2 Å². The molecule has 0 aliphatic carbocycles. The zero-order valence-electron chi connectivity index (χ0n) is 13.1. The van der Waals surface area contributed by atoms with Crippen LogP contribution in [-0.4, -0.2) is 24.7 Å². The maximum Gasteiger partial charge on any atom is 0.328 e. The Balaban J connectivity index is 1.71. The largest absolute Gasteiger partial charge is 0.478 e. The number of benzene rings is 2. The molecule has 0 saturated heterocycles. The van der Waals surface area contributed by atoms with Gasteiger partial charge in [-0.15, -0.1) is 0 Å². The Bertz CT molecular complexity index is 897. The highest BCUT2D eigenvalue weighted by Crippen LogP contribution is 2.39. The first-order valence-corrected chi connectivity index (χ1v) is 7.62. The Morgan fingerprint density at radius 2 is 1.64 bits per heavy atom. The molecule has 2 aromatic rings. The lowest BCUT2D eigenvalue weighted by atomic mass is 10.0. The highest BCUT2D eigenvalue weighted by molar-refractivity contribution is 5.88. The summed E-state index contributed by atoms with van der Waals surface area (Å²) in [4.78, 5) is 10.8. The summed E-state index contributed by atoms with van der Waals surface area (Å²) in [5, 5.41) is 8.87. The third-order valence-electron chi connectivity index (χ3n) is 3.86. The molecule has 0 bridgehead atoms. The van der Waals surface area contributed by atoms with Crippen LogP contribution in [0.3, 0.4) is 0 Å². The summed E-state index contributed by atoms with van der Waals surface area (Å²) in [6.45, 7) is 0.371. The van der Waals surface area contributed by atoms with E-state index in [2.05, 4.69) is 0 Å². The van der Waals surface area contributed by atoms with Gasteiger partial charge in [-0.05, 0) is 41.5 Å². The molecule has 0 unspecified atom stereocenters. The second-order valence-electron chi connectivity index (χ2n) is 5.42. The van der Waals surface area contributed by atoms with E-state index in [9.17, 15) is 4.79 Å². The first-order valence-electron chi connectivity index (χ1n) is 7.62. The Hall–Kier alpha value is -3.41. The van der Waals surface area contributed by atoms with Crippen LogP contribution < -0.4 is 18.9 Å². The minimum absolute atomic E-state index is 0.145. The van der Waals surface area contributed by atoms with Gasteiger partial charge < -0.3 is 24.1 Å². The number of hydrogen-bond acceptors (Lipinski definition) is 5. The maximum atomic E-state index is 10.8. The van der Waals surface area contributed by atoms with Gasteiger partial charge in [-0.1, -0.05) is 18.2 Å². The smallest absolute Gasteiger partial charge is 0.328 e. The van der Waals surface area contributed by atoms with E-state index in [4.69, 9.17) is 24.1 Å². The predicted molar refractivity (Wildman–Crippen MR) is 90.7 cm³/mol. The minimum atomic E-state index is -1.01. The molecule has 0 spiro atoms. The number of aliphatic carboxylic acids is 1. The van der Waals surface area contributed by atoms with E-state index in [-0.39, 0.29) is 13.6 Å². The number of carbonyl (C=O) groups is 1. The van der Waals surface area contributed by atoms with E-state index < -0.39 is 5.97 Å². The summed E-state index contributed by atoms with van der Waals surface area (Å²) in [6, 6.07) is 9.21. The van der Waals surface area contributed by atoms with Crippen LogP contribution >= 0.6 is 0 Å². The summed E-state index contributed by atoms with van der Waals surface area (Å²) in [7, 11) is 0. The van der Waals surface area contributed by atoms with Crippen LogP contribution in [0, 0.1) is 0 Å². The van der Waals surface area contributed by atoms with Crippen molar-refractivity contribution in [2.24, 2.45) is 0 Å². The molecule has 2 aliphatic heterocycles. The van der Waals surface area contributed by atoms with Crippen LogP contribution in [0.2, 0.25) is 0 Å². The van der Waals surface area contributed by atoms with E-state index >= 15 is 0 Å². The van der Waals surface area contributed by atoms with Crippen molar-refractivity contribution >= 4 is 24.2 Å². The molecule has 0 amide bonds. The molecule has 1 N–H and O–H groups in total. The second kappa shape index (κ2) is 6.24. The van der Waals surface area contributed by atoms with E-state index in [0.29, 0.717) is 17.2 Å². The molecule has 4 rings (SSSR count). The topological polar surface area (TPSA) is 74.2 Å². The molecule has 0 atom stereocenters. The minimum Gasteiger partial charge on any atom is -0.478 e. The van der Waals surface area contributed by atoms with Crippen LogP contribution in [0.5, 0.6) is 23.0 Å². The van der Waals surface area contributed by atoms with Gasteiger partial charge in [-0.3, -0.25) is 0 Å². The number of rotatable bonds is 4. The van der Waals surface area contributed by atoms with Crippen molar-refractivity contribution in [3.05, 3.63) is 53.1 Å². The number of ether oxygens (including phenoxy) is 4. The van der Waals surface area contributed by atoms with Gasteiger partial charge in [0.15, 0.2) is 23.0 Å². The fraction of sp³-hybridized carbons (Fsp3) is 0.105. The van der Waals surface area contributed by atoms with E-state index in [1.165, 1.54) is 6.08 Å². The summed E-state index contributed by atoms with van der Waals surface area (Å²) in [5.41, 5.74) is 2.41. The zero-order valence-corrected chi connectivity index (χ0v) is 13.1. The lowest BCUT2D eigenvalue weighted by Crippen LogP contribution is -1.94. The zero-order chi connectivity index (χ0) is 17.2. The number of carboxylic acids is 1. The van der Waals surface area contributed by atoms with Gasteiger partial charge >= 0.3 is 5.97 Å². The second-order valence-corrected chi connectivity index (χ2v) is 5.42. The van der Waals surface area contributed by atoms with Gasteiger partial charge in [0.2, 0.25) is 13.6 Å². The van der Waals surface area contributed by atoms with Gasteiger partial charge in [0, 0.05) is 11.6 Å². The van der Waals surface area contributed by atoms with Gasteiger partial charge in [0.25, 0.3) is 0 Å². The van der Waals surface area contributed by atoms with Crippen molar-refractivity contribution in [3.63, 3.8) is 0 Å². The van der Waals surface area contributed by atoms with Crippen molar-refractivity contribution < 1.29 is 28.8 Å². The fourth-order valence-electron chi connectivity index (χ4n) is 2.68. The van der Waals surface area contributed by atoms with Crippen LogP contribution in [0.4, 0.5) is 0 Å². The average molecular weight is 338 g/mol. The van der Waals surface area contributed by atoms with Crippen molar-refractivity contribution in [1.82, 2.24) is 0 Å². The number of hydrogen-bond donors (Lipinski definition) is 1. The van der Waals surface area contributed by atoms with Crippen molar-refractivity contribution in [2.75, 3.05) is 13.6 Å². The Labute approximate surface area is 143 Å². The lowest BCUT2D eigenvalue weighted by molar-refractivity contribution is -0.131. The maximum absolute atomic E-state index is 10.8. The Morgan fingerprint density at radius 1 is 0.880 bits per heavy atom. The molecule has 6 nitrogen and oxygen atoms in total. The molecule has 0 saturated carbocycles. The fourth-order valence-corrected chi connectivity index (χ4v) is 2.68. The molecule has 6 heteroatoms. The Kier molecular flexibility index (Phi) is 3.78. The number of fused-ring (bicyclic) bond motifs is 2. The van der Waals surface area contributed by atoms with Crippen molar-refractivity contribution in [2.45, 2.75) is 0 Å². The summed E-state index contributed by atoms with van der Waals surface area (Å²) in [5.74, 6) is 1.65. The monoisotopic (exact) mass is 338 g/mol. The van der Waals surface area contributed by atoms with Gasteiger partial charge in [0.1, 0.15) is 0 Å². The van der Waals surface area contributed by atoms with E-state index in [1.54, 1.807) is 12.1 Å². The predicted octanol–water partition coefficient (Wildman–Crippen LogP) is 3.41. The number of carboxylic acid groups (broad SMARTS) is 1. The normalized spacial score (nSPS) is 14.6. The Morgan fingerprint density at radius 3 is 2.52 bits per heavy atom. The standard InChI is InChI=1S/C19H14O6/c20-18(21)8-4-13-3-7-16-19(25-11-23-16)14(13)5-1-12-2-6-15-17(9-12)24-10-22-15/h1-9H,10-11H2,(H,20,21)/b5-1+,8-4+. The van der Waals surface area contributed by atoms with Gasteiger partial charge in [-0.2, -0.15) is 0 Å². The van der Waals surface area contributed by atoms with Crippen LogP contribution in [-0.2, 0) is 4.79 Å². The SMILES string of the molecule is O=C(O)/C=C/c1ccc2c(c1/C=C/c1ccc3c(c1)OCO3)OCO2. The lowest BCUT2D eigenvalue weighted by Gasteiger charge is -2.06. The molecule has 2 aromatic carbocycles. The van der Waals surface area contributed by atoms with E-state index in [1.807, 2.05) is 30.4 Å². The highest BCUT2D eigenvalue weighted by Gasteiger charge is 2.19. The van der Waals surface area contributed by atoms with Crippen LogP contribution in [0.15, 0.2) is 36.4 Å². The van der Waals surface area contributed by atoms with Gasteiger partial charge in [0.05, 0.1) is 0 Å². The molecule has 126 valence electrons. The summed E-state index contributed by atoms with van der Waals surface area (Å²) >= 11 is 0. The highest BCUT2D eigenvalue weighted by atomic mass is 16.7. The van der Waals surface area contributed by atoms with Gasteiger partial charge in [-0.25, -0.2) is 4.79 Å². The first kappa shape index (κ1) is 15.1. The molecule has 2 aliphatic rings. The third kappa shape index (κ3) is 3.01. The summed E-state index contributed by atoms with van der Waals surface area (Å²) < 4.78 is 21.6. The molecular weight excluding hydrogens is 324 g/mol. The van der Waals surface area contributed by atoms with Crippen molar-refractivity contribution in [3.8, 4) is 23.0 Å². The quantitative estimate of drug-likeness (QED) is 0.680. The first-order chi connectivity index (χ1) is 12.2. The molecule has 0 radical (unpaired) electrons. The average Bonchev–Trinajstić information content (AvgIpc) is 3.26. The molecule has 25 heavy (non-hydrogen) atoms.